The first kappa shape index (κ1) is 18.5. The Morgan fingerprint density at radius 1 is 1.19 bits per heavy atom. The number of rotatable bonds is 12. The molecule has 2 nitrogen and oxygen atoms in total. The van der Waals surface area contributed by atoms with Crippen LogP contribution in [-0.2, 0) is 4.74 Å². The van der Waals surface area contributed by atoms with E-state index < -0.39 is 0 Å². The number of ether oxygens (including phenoxy) is 1. The summed E-state index contributed by atoms with van der Waals surface area (Å²) in [5.74, 6) is 0.544. The van der Waals surface area contributed by atoms with Gasteiger partial charge in [0.15, 0.2) is 0 Å². The zero-order valence-electron chi connectivity index (χ0n) is 13.5. The highest BCUT2D eigenvalue weighted by Gasteiger charge is 2.11. The third-order valence-electron chi connectivity index (χ3n) is 3.85. The molecule has 0 heterocycles. The molecular weight excluding hydrogens is 282 g/mol. The Balaban J connectivity index is 2.45. The molecule has 0 spiro atoms. The number of methoxy groups -OCH3 is 1. The Morgan fingerprint density at radius 3 is 2.71 bits per heavy atom. The van der Waals surface area contributed by atoms with Crippen molar-refractivity contribution in [3.8, 4) is 0 Å². The summed E-state index contributed by atoms with van der Waals surface area (Å²) in [6.45, 7) is 4.92. The molecule has 0 fully saturated rings. The van der Waals surface area contributed by atoms with Crippen LogP contribution in [0.2, 0.25) is 5.02 Å². The second-order valence-corrected chi connectivity index (χ2v) is 6.09. The van der Waals surface area contributed by atoms with E-state index in [1.54, 1.807) is 7.11 Å². The summed E-state index contributed by atoms with van der Waals surface area (Å²) in [5, 5.41) is 4.32. The van der Waals surface area contributed by atoms with Gasteiger partial charge in [0.25, 0.3) is 0 Å². The van der Waals surface area contributed by atoms with Crippen LogP contribution in [0.4, 0.5) is 0 Å². The summed E-state index contributed by atoms with van der Waals surface area (Å²) < 4.78 is 5.09. The molecule has 1 atom stereocenters. The van der Waals surface area contributed by atoms with Crippen molar-refractivity contribution in [3.05, 3.63) is 34.9 Å². The molecule has 0 aromatic heterocycles. The highest BCUT2D eigenvalue weighted by Crippen LogP contribution is 2.24. The lowest BCUT2D eigenvalue weighted by Crippen LogP contribution is -2.25. The van der Waals surface area contributed by atoms with E-state index in [-0.39, 0.29) is 0 Å². The molecular formula is C18H30ClNO. The number of hydrogen-bond donors (Lipinski definition) is 1. The molecule has 1 unspecified atom stereocenters. The average molecular weight is 312 g/mol. The van der Waals surface area contributed by atoms with Gasteiger partial charge in [-0.15, -0.1) is 0 Å². The molecule has 1 N–H and O–H groups in total. The predicted molar refractivity (Wildman–Crippen MR) is 92.3 cm³/mol. The molecule has 21 heavy (non-hydrogen) atoms. The average Bonchev–Trinajstić information content (AvgIpc) is 2.49. The van der Waals surface area contributed by atoms with E-state index in [0.717, 1.165) is 24.7 Å². The third kappa shape index (κ3) is 8.45. The van der Waals surface area contributed by atoms with Gasteiger partial charge in [-0.2, -0.15) is 0 Å². The lowest BCUT2D eigenvalue weighted by molar-refractivity contribution is 0.198. The van der Waals surface area contributed by atoms with E-state index >= 15 is 0 Å². The first-order valence-electron chi connectivity index (χ1n) is 8.23. The van der Waals surface area contributed by atoms with Gasteiger partial charge < -0.3 is 10.1 Å². The first-order valence-corrected chi connectivity index (χ1v) is 8.60. The number of benzene rings is 1. The number of halogens is 1. The maximum absolute atomic E-state index is 6.13. The Hall–Kier alpha value is -0.570. The van der Waals surface area contributed by atoms with Crippen molar-refractivity contribution in [2.24, 2.45) is 0 Å². The van der Waals surface area contributed by atoms with Crippen LogP contribution < -0.4 is 5.32 Å². The molecule has 0 aliphatic rings. The van der Waals surface area contributed by atoms with Crippen LogP contribution in [0.15, 0.2) is 24.3 Å². The summed E-state index contributed by atoms with van der Waals surface area (Å²) in [5.41, 5.74) is 1.35. The summed E-state index contributed by atoms with van der Waals surface area (Å²) in [7, 11) is 1.74. The van der Waals surface area contributed by atoms with E-state index in [1.807, 2.05) is 6.07 Å². The first-order chi connectivity index (χ1) is 10.3. The van der Waals surface area contributed by atoms with Gasteiger partial charge in [-0.1, -0.05) is 62.8 Å². The molecule has 0 saturated heterocycles. The van der Waals surface area contributed by atoms with Crippen molar-refractivity contribution in [1.29, 1.82) is 0 Å². The van der Waals surface area contributed by atoms with Crippen molar-refractivity contribution in [1.82, 2.24) is 5.32 Å². The van der Waals surface area contributed by atoms with Gasteiger partial charge in [0.05, 0.1) is 6.61 Å². The maximum Gasteiger partial charge on any atom is 0.0587 e. The van der Waals surface area contributed by atoms with Gasteiger partial charge in [0.2, 0.25) is 0 Å². The van der Waals surface area contributed by atoms with Crippen molar-refractivity contribution in [2.75, 3.05) is 26.8 Å². The second-order valence-electron chi connectivity index (χ2n) is 5.65. The summed E-state index contributed by atoms with van der Waals surface area (Å²) in [6.07, 6.45) is 7.87. The highest BCUT2D eigenvalue weighted by atomic mass is 35.5. The number of unbranched alkanes of at least 4 members (excludes halogenated alkanes) is 4. The van der Waals surface area contributed by atoms with Crippen molar-refractivity contribution in [2.45, 2.75) is 51.4 Å². The fourth-order valence-corrected chi connectivity index (χ4v) is 2.79. The Morgan fingerprint density at radius 2 is 2.00 bits per heavy atom. The van der Waals surface area contributed by atoms with Crippen LogP contribution in [0.5, 0.6) is 0 Å². The van der Waals surface area contributed by atoms with Crippen LogP contribution in [0.25, 0.3) is 0 Å². The van der Waals surface area contributed by atoms with Gasteiger partial charge in [-0.05, 0) is 30.0 Å². The minimum atomic E-state index is 0.544. The second kappa shape index (κ2) is 12.0. The summed E-state index contributed by atoms with van der Waals surface area (Å²) in [6, 6.07) is 8.30. The molecule has 0 bridgehead atoms. The molecule has 3 heteroatoms. The predicted octanol–water partition coefficient (Wildman–Crippen LogP) is 5.02. The molecule has 0 radical (unpaired) electrons. The van der Waals surface area contributed by atoms with Crippen LogP contribution >= 0.6 is 11.6 Å². The third-order valence-corrected chi connectivity index (χ3v) is 4.09. The van der Waals surface area contributed by atoms with Crippen LogP contribution in [0.3, 0.4) is 0 Å². The van der Waals surface area contributed by atoms with Crippen LogP contribution in [0, 0.1) is 0 Å². The maximum atomic E-state index is 6.13. The minimum absolute atomic E-state index is 0.544. The molecule has 0 aliphatic carbocycles. The largest absolute Gasteiger partial charge is 0.383 e. The summed E-state index contributed by atoms with van der Waals surface area (Å²) in [4.78, 5) is 0. The van der Waals surface area contributed by atoms with Gasteiger partial charge in [0, 0.05) is 25.2 Å². The van der Waals surface area contributed by atoms with Gasteiger partial charge in [-0.3, -0.25) is 0 Å². The van der Waals surface area contributed by atoms with E-state index in [9.17, 15) is 0 Å². The highest BCUT2D eigenvalue weighted by molar-refractivity contribution is 6.30. The van der Waals surface area contributed by atoms with Gasteiger partial charge >= 0.3 is 0 Å². The standard InChI is InChI=1S/C18H30ClNO/c1-3-4-5-6-7-9-17(15-20-12-13-21-2)16-10-8-11-18(19)14-16/h8,10-11,14,17,20H,3-7,9,12-13,15H2,1-2H3. The van der Waals surface area contributed by atoms with Crippen molar-refractivity contribution >= 4 is 11.6 Å². The normalized spacial score (nSPS) is 12.5. The molecule has 0 aliphatic heterocycles. The zero-order chi connectivity index (χ0) is 15.3. The molecule has 0 saturated carbocycles. The quantitative estimate of drug-likeness (QED) is 0.547. The van der Waals surface area contributed by atoms with E-state index in [2.05, 4.69) is 30.4 Å². The van der Waals surface area contributed by atoms with E-state index in [0.29, 0.717) is 5.92 Å². The van der Waals surface area contributed by atoms with Crippen LogP contribution in [0.1, 0.15) is 56.9 Å². The van der Waals surface area contributed by atoms with E-state index in [4.69, 9.17) is 16.3 Å². The summed E-state index contributed by atoms with van der Waals surface area (Å²) >= 11 is 6.13. The minimum Gasteiger partial charge on any atom is -0.383 e. The Kier molecular flexibility index (Phi) is 10.6. The van der Waals surface area contributed by atoms with Gasteiger partial charge in [0.1, 0.15) is 0 Å². The van der Waals surface area contributed by atoms with E-state index in [1.165, 1.54) is 44.1 Å². The smallest absolute Gasteiger partial charge is 0.0587 e. The SMILES string of the molecule is CCCCCCCC(CNCCOC)c1cccc(Cl)c1. The van der Waals surface area contributed by atoms with Gasteiger partial charge in [-0.25, -0.2) is 0 Å². The van der Waals surface area contributed by atoms with Crippen molar-refractivity contribution in [3.63, 3.8) is 0 Å². The molecule has 120 valence electrons. The topological polar surface area (TPSA) is 21.3 Å². The van der Waals surface area contributed by atoms with Crippen LogP contribution in [-0.4, -0.2) is 26.8 Å². The lowest BCUT2D eigenvalue weighted by Gasteiger charge is -2.18. The fourth-order valence-electron chi connectivity index (χ4n) is 2.59. The Bertz CT molecular complexity index is 370. The fraction of sp³-hybridized carbons (Fsp3) is 0.667. The van der Waals surface area contributed by atoms with Crippen molar-refractivity contribution < 1.29 is 4.74 Å². The molecule has 1 aromatic rings. The molecule has 0 amide bonds. The molecule has 1 aromatic carbocycles. The number of nitrogens with one attached hydrogen (secondary N) is 1. The lowest BCUT2D eigenvalue weighted by atomic mass is 9.93. The molecule has 1 rings (SSSR count). The monoisotopic (exact) mass is 311 g/mol. The Labute approximate surface area is 135 Å². The number of hydrogen-bond acceptors (Lipinski definition) is 2. The zero-order valence-corrected chi connectivity index (χ0v) is 14.3.